The number of unbranched alkanes of at least 4 members (excludes halogenated alkanes) is 1. The van der Waals surface area contributed by atoms with Gasteiger partial charge in [0.15, 0.2) is 11.5 Å². The number of hydrogen-bond acceptors (Lipinski definition) is 6. The maximum Gasteiger partial charge on any atom is 0.163 e. The summed E-state index contributed by atoms with van der Waals surface area (Å²) in [7, 11) is 1.61. The second-order valence-electron chi connectivity index (χ2n) is 5.08. The van der Waals surface area contributed by atoms with E-state index < -0.39 is 0 Å². The molecule has 3 rings (SSSR count). The maximum absolute atomic E-state index is 5.80. The molecule has 7 nitrogen and oxygen atoms in total. The number of nitrogens with one attached hydrogen (secondary N) is 2. The van der Waals surface area contributed by atoms with E-state index in [9.17, 15) is 0 Å². The number of anilines is 2. The Bertz CT molecular complexity index is 795. The molecular formula is C16H18ClN5O2. The number of aromatic amines is 1. The number of aromatic nitrogens is 4. The molecule has 0 spiro atoms. The fraction of sp³-hybridized carbons (Fsp3) is 0.312. The third-order valence-electron chi connectivity index (χ3n) is 3.46. The van der Waals surface area contributed by atoms with Crippen LogP contribution in [0.1, 0.15) is 12.8 Å². The molecule has 0 saturated carbocycles. The molecule has 0 aliphatic heterocycles. The van der Waals surface area contributed by atoms with Crippen molar-refractivity contribution in [1.82, 2.24) is 20.2 Å². The molecule has 0 fully saturated rings. The fourth-order valence-corrected chi connectivity index (χ4v) is 2.46. The van der Waals surface area contributed by atoms with Gasteiger partial charge >= 0.3 is 0 Å². The molecule has 2 heterocycles. The zero-order chi connectivity index (χ0) is 16.8. The summed E-state index contributed by atoms with van der Waals surface area (Å²) in [6.07, 6.45) is 4.98. The first-order valence-electron chi connectivity index (χ1n) is 7.59. The molecule has 3 aromatic rings. The molecule has 0 aliphatic carbocycles. The van der Waals surface area contributed by atoms with Gasteiger partial charge in [-0.3, -0.25) is 5.10 Å². The van der Waals surface area contributed by atoms with Crippen LogP contribution in [0.3, 0.4) is 0 Å². The molecule has 8 heteroatoms. The average molecular weight is 348 g/mol. The first-order valence-corrected chi connectivity index (χ1v) is 8.13. The molecule has 0 radical (unpaired) electrons. The van der Waals surface area contributed by atoms with E-state index in [1.165, 1.54) is 6.33 Å². The van der Waals surface area contributed by atoms with Crippen LogP contribution in [0.4, 0.5) is 11.6 Å². The van der Waals surface area contributed by atoms with Crippen molar-refractivity contribution in [2.45, 2.75) is 12.8 Å². The Hall–Kier alpha value is -2.54. The van der Waals surface area contributed by atoms with Gasteiger partial charge in [0, 0.05) is 23.4 Å². The average Bonchev–Trinajstić information content (AvgIpc) is 3.11. The van der Waals surface area contributed by atoms with E-state index in [1.54, 1.807) is 13.3 Å². The Labute approximate surface area is 144 Å². The van der Waals surface area contributed by atoms with Gasteiger partial charge < -0.3 is 14.8 Å². The number of halogens is 1. The molecule has 126 valence electrons. The zero-order valence-electron chi connectivity index (χ0n) is 13.3. The number of methoxy groups -OCH3 is 1. The van der Waals surface area contributed by atoms with Gasteiger partial charge in [-0.1, -0.05) is 0 Å². The first-order chi connectivity index (χ1) is 11.8. The van der Waals surface area contributed by atoms with Crippen molar-refractivity contribution < 1.29 is 9.47 Å². The molecule has 24 heavy (non-hydrogen) atoms. The zero-order valence-corrected chi connectivity index (χ0v) is 14.0. The number of alkyl halides is 1. The first kappa shape index (κ1) is 16.3. The van der Waals surface area contributed by atoms with Crippen molar-refractivity contribution >= 4 is 34.1 Å². The predicted molar refractivity (Wildman–Crippen MR) is 93.4 cm³/mol. The lowest BCUT2D eigenvalue weighted by atomic mass is 10.2. The van der Waals surface area contributed by atoms with Crippen molar-refractivity contribution in [3.63, 3.8) is 0 Å². The highest BCUT2D eigenvalue weighted by Crippen LogP contribution is 2.34. The van der Waals surface area contributed by atoms with Crippen LogP contribution in [-0.4, -0.2) is 39.8 Å². The lowest BCUT2D eigenvalue weighted by Gasteiger charge is -2.13. The van der Waals surface area contributed by atoms with E-state index in [0.717, 1.165) is 29.6 Å². The molecular weight excluding hydrogens is 330 g/mol. The van der Waals surface area contributed by atoms with Gasteiger partial charge in [0.25, 0.3) is 0 Å². The van der Waals surface area contributed by atoms with Gasteiger partial charge in [-0.05, 0) is 18.9 Å². The normalized spacial score (nSPS) is 10.8. The molecule has 0 atom stereocenters. The van der Waals surface area contributed by atoms with Crippen LogP contribution in [0.2, 0.25) is 0 Å². The highest BCUT2D eigenvalue weighted by atomic mass is 35.5. The minimum atomic E-state index is 0.582. The SMILES string of the molecule is COc1cc2c(Nc3ccn[nH]3)ncnc2cc1OCCCCCl. The molecule has 0 saturated heterocycles. The summed E-state index contributed by atoms with van der Waals surface area (Å²) in [5.74, 6) is 3.34. The minimum absolute atomic E-state index is 0.582. The van der Waals surface area contributed by atoms with Crippen LogP contribution in [-0.2, 0) is 0 Å². The van der Waals surface area contributed by atoms with Crippen LogP contribution >= 0.6 is 11.6 Å². The number of ether oxygens (including phenoxy) is 2. The van der Waals surface area contributed by atoms with Crippen molar-refractivity contribution in [2.75, 3.05) is 24.9 Å². The second kappa shape index (κ2) is 7.83. The molecule has 2 N–H and O–H groups in total. The van der Waals surface area contributed by atoms with E-state index >= 15 is 0 Å². The van der Waals surface area contributed by atoms with Gasteiger partial charge in [0.1, 0.15) is 18.0 Å². The summed E-state index contributed by atoms with van der Waals surface area (Å²) in [5.41, 5.74) is 0.764. The largest absolute Gasteiger partial charge is 0.493 e. The Morgan fingerprint density at radius 1 is 1.21 bits per heavy atom. The molecule has 1 aromatic carbocycles. The van der Waals surface area contributed by atoms with Crippen LogP contribution in [0, 0.1) is 0 Å². The molecule has 0 bridgehead atoms. The number of nitrogens with zero attached hydrogens (tertiary/aromatic N) is 3. The van der Waals surface area contributed by atoms with Gasteiger partial charge in [-0.2, -0.15) is 5.10 Å². The van der Waals surface area contributed by atoms with Crippen LogP contribution < -0.4 is 14.8 Å². The summed E-state index contributed by atoms with van der Waals surface area (Å²) < 4.78 is 11.2. The summed E-state index contributed by atoms with van der Waals surface area (Å²) in [6.45, 7) is 0.582. The van der Waals surface area contributed by atoms with Crippen LogP contribution in [0.25, 0.3) is 10.9 Å². The van der Waals surface area contributed by atoms with Gasteiger partial charge in [-0.15, -0.1) is 11.6 Å². The maximum atomic E-state index is 5.80. The number of H-pyrrole nitrogens is 1. The highest BCUT2D eigenvalue weighted by molar-refractivity contribution is 6.17. The van der Waals surface area contributed by atoms with E-state index in [4.69, 9.17) is 21.1 Å². The van der Waals surface area contributed by atoms with E-state index in [0.29, 0.717) is 29.8 Å². The van der Waals surface area contributed by atoms with E-state index in [-0.39, 0.29) is 0 Å². The summed E-state index contributed by atoms with van der Waals surface area (Å²) in [6, 6.07) is 5.54. The Balaban J connectivity index is 1.90. The molecule has 0 unspecified atom stereocenters. The Morgan fingerprint density at radius 2 is 2.12 bits per heavy atom. The number of rotatable bonds is 8. The smallest absolute Gasteiger partial charge is 0.163 e. The van der Waals surface area contributed by atoms with Crippen molar-refractivity contribution in [1.29, 1.82) is 0 Å². The minimum Gasteiger partial charge on any atom is -0.493 e. The van der Waals surface area contributed by atoms with Crippen LogP contribution in [0.15, 0.2) is 30.7 Å². The number of fused-ring (bicyclic) bond motifs is 1. The standard InChI is InChI=1S/C16H18ClN5O2/c1-23-13-8-11-12(9-14(13)24-7-3-2-5-17)18-10-19-16(11)21-15-4-6-20-22-15/h4,6,8-10H,2-3,5,7H2,1H3,(H2,18,19,20,21,22). The topological polar surface area (TPSA) is 85.0 Å². The van der Waals surface area contributed by atoms with Gasteiger partial charge in [0.2, 0.25) is 0 Å². The van der Waals surface area contributed by atoms with E-state index in [2.05, 4.69) is 25.5 Å². The Morgan fingerprint density at radius 3 is 2.88 bits per heavy atom. The number of hydrogen-bond donors (Lipinski definition) is 2. The van der Waals surface area contributed by atoms with Crippen molar-refractivity contribution in [3.05, 3.63) is 30.7 Å². The quantitative estimate of drug-likeness (QED) is 0.479. The summed E-state index contributed by atoms with van der Waals surface area (Å²) in [4.78, 5) is 8.61. The van der Waals surface area contributed by atoms with E-state index in [1.807, 2.05) is 18.2 Å². The summed E-state index contributed by atoms with van der Waals surface area (Å²) in [5, 5.41) is 10.8. The third kappa shape index (κ3) is 3.68. The molecule has 0 amide bonds. The van der Waals surface area contributed by atoms with Gasteiger partial charge in [0.05, 0.1) is 25.4 Å². The third-order valence-corrected chi connectivity index (χ3v) is 3.73. The summed E-state index contributed by atoms with van der Waals surface area (Å²) >= 11 is 5.68. The lowest BCUT2D eigenvalue weighted by molar-refractivity contribution is 0.289. The molecule has 0 aliphatic rings. The highest BCUT2D eigenvalue weighted by Gasteiger charge is 2.12. The second-order valence-corrected chi connectivity index (χ2v) is 5.46. The number of benzene rings is 1. The predicted octanol–water partition coefficient (Wildman–Crippen LogP) is 3.50. The van der Waals surface area contributed by atoms with Crippen molar-refractivity contribution in [2.24, 2.45) is 0 Å². The lowest BCUT2D eigenvalue weighted by Crippen LogP contribution is -2.01. The monoisotopic (exact) mass is 347 g/mol. The fourth-order valence-electron chi connectivity index (χ4n) is 2.27. The van der Waals surface area contributed by atoms with Crippen LogP contribution in [0.5, 0.6) is 11.5 Å². The Kier molecular flexibility index (Phi) is 5.32. The van der Waals surface area contributed by atoms with Crippen molar-refractivity contribution in [3.8, 4) is 11.5 Å². The van der Waals surface area contributed by atoms with Gasteiger partial charge in [-0.25, -0.2) is 9.97 Å². The molecule has 2 aromatic heterocycles.